The standard InChI is InChI=1S/C33H34O5S/c1-25-30(35-22-26-14-6-2-7-15-26)31(36-23-27-16-8-3-9-17-27)32(37-24-28-18-10-4-11-19-28)33(38-25)39(34)29-20-12-5-13-21-29/h2-21,25,30-33H,22-24H2,1H3/t25-,30-,31+,32+,33-,39?/m0/s1. The van der Waals surface area contributed by atoms with Crippen LogP contribution >= 0.6 is 0 Å². The molecular weight excluding hydrogens is 508 g/mol. The number of hydrogen-bond donors (Lipinski definition) is 0. The molecule has 0 aliphatic carbocycles. The Kier molecular flexibility index (Phi) is 9.70. The molecule has 6 atom stereocenters. The summed E-state index contributed by atoms with van der Waals surface area (Å²) in [5.74, 6) is 0. The van der Waals surface area contributed by atoms with Crippen LogP contribution in [0.2, 0.25) is 0 Å². The van der Waals surface area contributed by atoms with Gasteiger partial charge >= 0.3 is 0 Å². The van der Waals surface area contributed by atoms with Gasteiger partial charge in [0.05, 0.1) is 36.7 Å². The van der Waals surface area contributed by atoms with Crippen LogP contribution in [0.4, 0.5) is 0 Å². The Morgan fingerprint density at radius 1 is 0.564 bits per heavy atom. The van der Waals surface area contributed by atoms with Crippen LogP contribution in [0, 0.1) is 0 Å². The SMILES string of the molecule is C[C@@H]1O[C@@H](S(=O)c2ccccc2)[C@H](OCc2ccccc2)[C@H](OCc2ccccc2)[C@H]1OCc1ccccc1. The Balaban J connectivity index is 1.45. The summed E-state index contributed by atoms with van der Waals surface area (Å²) in [5.41, 5.74) is 2.39. The number of ether oxygens (including phenoxy) is 4. The van der Waals surface area contributed by atoms with Crippen LogP contribution in [-0.2, 0) is 49.6 Å². The Bertz CT molecular complexity index is 1290. The van der Waals surface area contributed by atoms with Crippen molar-refractivity contribution in [3.05, 3.63) is 138 Å². The van der Waals surface area contributed by atoms with E-state index in [0.717, 1.165) is 16.7 Å². The molecule has 0 saturated carbocycles. The monoisotopic (exact) mass is 542 g/mol. The highest BCUT2D eigenvalue weighted by Gasteiger charge is 2.49. The van der Waals surface area contributed by atoms with Crippen LogP contribution in [-0.4, -0.2) is 34.1 Å². The summed E-state index contributed by atoms with van der Waals surface area (Å²) in [6.45, 7) is 3.07. The maximum atomic E-state index is 13.9. The van der Waals surface area contributed by atoms with Gasteiger partial charge in [-0.2, -0.15) is 0 Å². The van der Waals surface area contributed by atoms with Gasteiger partial charge in [-0.1, -0.05) is 109 Å². The summed E-state index contributed by atoms with van der Waals surface area (Å²) in [6, 6.07) is 39.4. The topological polar surface area (TPSA) is 54.0 Å². The minimum absolute atomic E-state index is 0.336. The maximum Gasteiger partial charge on any atom is 0.166 e. The van der Waals surface area contributed by atoms with Gasteiger partial charge in [0, 0.05) is 4.90 Å². The van der Waals surface area contributed by atoms with E-state index in [0.29, 0.717) is 24.7 Å². The molecule has 1 saturated heterocycles. The van der Waals surface area contributed by atoms with Gasteiger partial charge in [-0.3, -0.25) is 4.21 Å². The Labute approximate surface area is 233 Å². The molecule has 4 aromatic carbocycles. The van der Waals surface area contributed by atoms with Crippen LogP contribution in [0.5, 0.6) is 0 Å². The number of rotatable bonds is 11. The van der Waals surface area contributed by atoms with Crippen LogP contribution in [0.1, 0.15) is 23.6 Å². The van der Waals surface area contributed by atoms with Gasteiger partial charge < -0.3 is 18.9 Å². The van der Waals surface area contributed by atoms with Crippen molar-refractivity contribution in [2.45, 2.75) is 61.5 Å². The second kappa shape index (κ2) is 13.8. The summed E-state index contributed by atoms with van der Waals surface area (Å²) in [4.78, 5) is 0.688. The number of benzene rings is 4. The van der Waals surface area contributed by atoms with Crippen molar-refractivity contribution >= 4 is 10.8 Å². The Hall–Kier alpha value is -3.13. The van der Waals surface area contributed by atoms with Gasteiger partial charge in [0.1, 0.15) is 18.3 Å². The lowest BCUT2D eigenvalue weighted by Crippen LogP contribution is -2.60. The van der Waals surface area contributed by atoms with Crippen LogP contribution < -0.4 is 0 Å². The van der Waals surface area contributed by atoms with Crippen molar-refractivity contribution < 1.29 is 23.2 Å². The van der Waals surface area contributed by atoms with Crippen molar-refractivity contribution in [3.8, 4) is 0 Å². The molecule has 0 N–H and O–H groups in total. The fourth-order valence-corrected chi connectivity index (χ4v) is 6.18. The summed E-state index contributed by atoms with van der Waals surface area (Å²) in [5, 5.41) is 0. The number of hydrogen-bond acceptors (Lipinski definition) is 5. The maximum absolute atomic E-state index is 13.9. The molecule has 0 amide bonds. The zero-order valence-electron chi connectivity index (χ0n) is 22.0. The summed E-state index contributed by atoms with van der Waals surface area (Å²) in [7, 11) is -1.48. The average Bonchev–Trinajstić information content (AvgIpc) is 3.00. The highest BCUT2D eigenvalue weighted by molar-refractivity contribution is 7.85. The zero-order chi connectivity index (χ0) is 26.9. The zero-order valence-corrected chi connectivity index (χ0v) is 22.8. The van der Waals surface area contributed by atoms with E-state index >= 15 is 0 Å². The minimum atomic E-state index is -1.48. The molecule has 4 aromatic rings. The largest absolute Gasteiger partial charge is 0.368 e. The van der Waals surface area contributed by atoms with E-state index in [2.05, 4.69) is 0 Å². The molecule has 1 unspecified atom stereocenters. The first-order valence-corrected chi connectivity index (χ1v) is 14.5. The molecule has 5 rings (SSSR count). The summed E-state index contributed by atoms with van der Waals surface area (Å²) >= 11 is 0. The molecule has 0 aromatic heterocycles. The molecule has 1 aliphatic rings. The lowest BCUT2D eigenvalue weighted by molar-refractivity contribution is -0.243. The smallest absolute Gasteiger partial charge is 0.166 e. The van der Waals surface area contributed by atoms with Crippen molar-refractivity contribution in [2.24, 2.45) is 0 Å². The predicted octanol–water partition coefficient (Wildman–Crippen LogP) is 6.30. The normalized spacial score (nSPS) is 23.8. The molecule has 5 nitrogen and oxygen atoms in total. The van der Waals surface area contributed by atoms with Crippen LogP contribution in [0.25, 0.3) is 0 Å². The van der Waals surface area contributed by atoms with Crippen molar-refractivity contribution in [2.75, 3.05) is 0 Å². The molecule has 0 radical (unpaired) electrons. The second-order valence-electron chi connectivity index (χ2n) is 9.60. The Morgan fingerprint density at radius 3 is 1.41 bits per heavy atom. The summed E-state index contributed by atoms with van der Waals surface area (Å²) < 4.78 is 39.9. The quantitative estimate of drug-likeness (QED) is 0.223. The molecule has 1 fully saturated rings. The first-order chi connectivity index (χ1) is 19.2. The lowest BCUT2D eigenvalue weighted by Gasteiger charge is -2.45. The van der Waals surface area contributed by atoms with Crippen LogP contribution in [0.3, 0.4) is 0 Å². The molecule has 1 aliphatic heterocycles. The first-order valence-electron chi connectivity index (χ1n) is 13.3. The third-order valence-electron chi connectivity index (χ3n) is 6.77. The van der Waals surface area contributed by atoms with Crippen LogP contribution in [0.15, 0.2) is 126 Å². The lowest BCUT2D eigenvalue weighted by atomic mass is 9.99. The van der Waals surface area contributed by atoms with E-state index in [1.54, 1.807) is 0 Å². The third kappa shape index (κ3) is 7.29. The van der Waals surface area contributed by atoms with E-state index in [1.807, 2.05) is 128 Å². The first kappa shape index (κ1) is 27.4. The van der Waals surface area contributed by atoms with Gasteiger partial charge in [-0.25, -0.2) is 0 Å². The molecule has 39 heavy (non-hydrogen) atoms. The van der Waals surface area contributed by atoms with Crippen molar-refractivity contribution in [1.82, 2.24) is 0 Å². The predicted molar refractivity (Wildman–Crippen MR) is 152 cm³/mol. The fraction of sp³-hybridized carbons (Fsp3) is 0.273. The third-order valence-corrected chi connectivity index (χ3v) is 8.31. The van der Waals surface area contributed by atoms with E-state index in [1.165, 1.54) is 0 Å². The Morgan fingerprint density at radius 2 is 0.949 bits per heavy atom. The van der Waals surface area contributed by atoms with E-state index in [4.69, 9.17) is 18.9 Å². The summed E-state index contributed by atoms with van der Waals surface area (Å²) in [6.07, 6.45) is -1.95. The highest BCUT2D eigenvalue weighted by Crippen LogP contribution is 2.33. The molecule has 202 valence electrons. The van der Waals surface area contributed by atoms with Gasteiger partial charge in [0.15, 0.2) is 5.44 Å². The average molecular weight is 543 g/mol. The van der Waals surface area contributed by atoms with Gasteiger partial charge in [0.25, 0.3) is 0 Å². The second-order valence-corrected chi connectivity index (χ2v) is 11.1. The molecular formula is C33H34O5S. The van der Waals surface area contributed by atoms with Gasteiger partial charge in [-0.15, -0.1) is 0 Å². The molecule has 0 spiro atoms. The van der Waals surface area contributed by atoms with E-state index < -0.39 is 34.5 Å². The minimum Gasteiger partial charge on any atom is -0.368 e. The van der Waals surface area contributed by atoms with Gasteiger partial charge in [0.2, 0.25) is 0 Å². The van der Waals surface area contributed by atoms with Gasteiger partial charge in [-0.05, 0) is 35.7 Å². The van der Waals surface area contributed by atoms with E-state index in [-0.39, 0.29) is 6.10 Å². The molecule has 0 bridgehead atoms. The van der Waals surface area contributed by atoms with E-state index in [9.17, 15) is 4.21 Å². The molecule has 1 heterocycles. The van der Waals surface area contributed by atoms with Crippen molar-refractivity contribution in [1.29, 1.82) is 0 Å². The van der Waals surface area contributed by atoms with Crippen molar-refractivity contribution in [3.63, 3.8) is 0 Å². The molecule has 6 heteroatoms. The fourth-order valence-electron chi connectivity index (χ4n) is 4.73. The highest BCUT2D eigenvalue weighted by atomic mass is 32.2.